The molecule has 0 saturated heterocycles. The molecule has 2 aromatic rings. The third-order valence-corrected chi connectivity index (χ3v) is 5.58. The number of hydroxylamine groups is 1. The van der Waals surface area contributed by atoms with Crippen LogP contribution in [-0.2, 0) is 34.0 Å². The molecule has 2 aromatic heterocycles. The van der Waals surface area contributed by atoms with Gasteiger partial charge in [0.05, 0.1) is 35.6 Å². The van der Waals surface area contributed by atoms with Gasteiger partial charge in [-0.3, -0.25) is 4.84 Å². The molecule has 1 aliphatic rings. The Hall–Kier alpha value is -2.10. The second kappa shape index (κ2) is 9.80. The Morgan fingerprint density at radius 1 is 1.33 bits per heavy atom. The maximum atomic E-state index is 11.8. The summed E-state index contributed by atoms with van der Waals surface area (Å²) in [6.07, 6.45) is 1.39. The quantitative estimate of drug-likeness (QED) is 0.590. The first-order valence-corrected chi connectivity index (χ1v) is 11.2. The van der Waals surface area contributed by atoms with E-state index in [9.17, 15) is 4.79 Å². The molecular weight excluding hydrogens is 404 g/mol. The second-order valence-electron chi connectivity index (χ2n) is 8.10. The van der Waals surface area contributed by atoms with Gasteiger partial charge in [-0.2, -0.15) is 0 Å². The van der Waals surface area contributed by atoms with Crippen molar-refractivity contribution < 1.29 is 19.1 Å². The van der Waals surface area contributed by atoms with Crippen molar-refractivity contribution in [3.63, 3.8) is 0 Å². The Balaban J connectivity index is 1.68. The van der Waals surface area contributed by atoms with Crippen LogP contribution in [0.1, 0.15) is 52.1 Å². The van der Waals surface area contributed by atoms with Crippen molar-refractivity contribution in [1.29, 1.82) is 0 Å². The lowest BCUT2D eigenvalue weighted by Crippen LogP contribution is -2.33. The van der Waals surface area contributed by atoms with Gasteiger partial charge < -0.3 is 19.4 Å². The molecule has 30 heavy (non-hydrogen) atoms. The summed E-state index contributed by atoms with van der Waals surface area (Å²) in [4.78, 5) is 23.4. The number of rotatable bonds is 9. The number of ether oxygens (including phenoxy) is 2. The number of carbonyl (C=O) groups is 1. The van der Waals surface area contributed by atoms with Gasteiger partial charge in [-0.25, -0.2) is 14.8 Å². The lowest BCUT2D eigenvalue weighted by Gasteiger charge is -2.26. The zero-order chi connectivity index (χ0) is 21.7. The fraction of sp³-hybridized carbons (Fsp3) is 0.619. The maximum Gasteiger partial charge on any atom is 0.407 e. The Labute approximate surface area is 182 Å². The molecule has 3 heterocycles. The first-order chi connectivity index (χ1) is 14.3. The number of carbonyl (C=O) groups excluding carboxylic acids is 1. The first-order valence-electron chi connectivity index (χ1n) is 10.4. The topological polar surface area (TPSA) is 77.8 Å². The number of imidazole rings is 1. The van der Waals surface area contributed by atoms with Crippen molar-refractivity contribution in [3.05, 3.63) is 23.0 Å². The van der Waals surface area contributed by atoms with Gasteiger partial charge in [-0.1, -0.05) is 0 Å². The van der Waals surface area contributed by atoms with E-state index >= 15 is 0 Å². The van der Waals surface area contributed by atoms with Crippen molar-refractivity contribution in [2.24, 2.45) is 0 Å². The summed E-state index contributed by atoms with van der Waals surface area (Å²) >= 11 is 1.69. The minimum atomic E-state index is -0.483. The molecule has 3 rings (SSSR count). The number of hydrogen-bond acceptors (Lipinski definition) is 7. The molecule has 0 fully saturated rings. The highest BCUT2D eigenvalue weighted by molar-refractivity contribution is 7.14. The highest BCUT2D eigenvalue weighted by Crippen LogP contribution is 2.43. The maximum absolute atomic E-state index is 11.8. The number of anilines is 1. The number of nitrogens with zero attached hydrogens (tertiary/aromatic N) is 3. The summed E-state index contributed by atoms with van der Waals surface area (Å²) in [5.41, 5.74) is 2.75. The van der Waals surface area contributed by atoms with Crippen LogP contribution in [0.3, 0.4) is 0 Å². The number of hydrogen-bond donors (Lipinski definition) is 1. The van der Waals surface area contributed by atoms with Gasteiger partial charge in [0.2, 0.25) is 0 Å². The molecule has 166 valence electrons. The van der Waals surface area contributed by atoms with Crippen molar-refractivity contribution in [2.45, 2.75) is 65.8 Å². The van der Waals surface area contributed by atoms with Gasteiger partial charge in [-0.05, 0) is 52.0 Å². The Morgan fingerprint density at radius 3 is 2.83 bits per heavy atom. The molecule has 0 aromatic carbocycles. The fourth-order valence-corrected chi connectivity index (χ4v) is 4.39. The molecule has 1 aliphatic heterocycles. The van der Waals surface area contributed by atoms with E-state index in [0.717, 1.165) is 42.3 Å². The van der Waals surface area contributed by atoms with Crippen LogP contribution in [0.25, 0.3) is 10.6 Å². The van der Waals surface area contributed by atoms with Crippen LogP contribution < -0.4 is 10.4 Å². The third kappa shape index (κ3) is 5.33. The predicted octanol–water partition coefficient (Wildman–Crippen LogP) is 4.33. The van der Waals surface area contributed by atoms with Crippen molar-refractivity contribution in [2.75, 3.05) is 25.3 Å². The highest BCUT2D eigenvalue weighted by atomic mass is 32.1. The molecule has 9 heteroatoms. The minimum Gasteiger partial charge on any atom is -0.444 e. The van der Waals surface area contributed by atoms with E-state index in [1.807, 2.05) is 32.8 Å². The van der Waals surface area contributed by atoms with E-state index in [-0.39, 0.29) is 6.09 Å². The summed E-state index contributed by atoms with van der Waals surface area (Å²) < 4.78 is 13.2. The molecule has 8 nitrogen and oxygen atoms in total. The number of thiophene rings is 1. The van der Waals surface area contributed by atoms with Crippen LogP contribution in [-0.4, -0.2) is 41.5 Å². The number of nitrogens with one attached hydrogen (secondary N) is 1. The zero-order valence-corrected chi connectivity index (χ0v) is 19.3. The summed E-state index contributed by atoms with van der Waals surface area (Å²) in [5.74, 6) is 0.930. The van der Waals surface area contributed by atoms with Crippen LogP contribution in [0.15, 0.2) is 11.4 Å². The van der Waals surface area contributed by atoms with E-state index in [4.69, 9.17) is 19.3 Å². The number of unbranched alkanes of at least 4 members (excludes halogenated alkanes) is 1. The van der Waals surface area contributed by atoms with Crippen LogP contribution in [0.5, 0.6) is 0 Å². The van der Waals surface area contributed by atoms with Gasteiger partial charge in [0.1, 0.15) is 18.0 Å². The first kappa shape index (κ1) is 22.6. The van der Waals surface area contributed by atoms with Crippen molar-refractivity contribution >= 4 is 23.1 Å². The van der Waals surface area contributed by atoms with Gasteiger partial charge in [0, 0.05) is 19.7 Å². The van der Waals surface area contributed by atoms with Crippen LogP contribution in [0, 0.1) is 0 Å². The molecule has 1 N–H and O–H groups in total. The molecule has 0 aliphatic carbocycles. The molecule has 0 atom stereocenters. The SMILES string of the molecule is CCOCc1nc2c(n1CCCCNC(=O)OC(C)(C)C)-c1sccc1N(OC)C2. The zero-order valence-electron chi connectivity index (χ0n) is 18.5. The molecule has 1 amide bonds. The number of alkyl carbamates (subject to hydrolysis) is 1. The van der Waals surface area contributed by atoms with E-state index in [0.29, 0.717) is 26.3 Å². The van der Waals surface area contributed by atoms with Gasteiger partial charge in [0.25, 0.3) is 0 Å². The standard InChI is InChI=1S/C21H32N4O4S/c1-6-28-14-17-23-15-13-25(27-5)16-9-12-30-19(16)18(15)24(17)11-8-7-10-22-20(26)29-21(2,3)4/h9,12H,6-8,10-11,13-14H2,1-5H3,(H,22,26). The summed E-state index contributed by atoms with van der Waals surface area (Å²) in [6.45, 7) is 10.7. The monoisotopic (exact) mass is 436 g/mol. The summed E-state index contributed by atoms with van der Waals surface area (Å²) in [5, 5.41) is 6.78. The Morgan fingerprint density at radius 2 is 2.13 bits per heavy atom. The largest absolute Gasteiger partial charge is 0.444 e. The fourth-order valence-electron chi connectivity index (χ4n) is 3.42. The van der Waals surface area contributed by atoms with Crippen molar-refractivity contribution in [1.82, 2.24) is 14.9 Å². The lowest BCUT2D eigenvalue weighted by atomic mass is 10.1. The van der Waals surface area contributed by atoms with E-state index < -0.39 is 5.60 Å². The average molecular weight is 437 g/mol. The van der Waals surface area contributed by atoms with Gasteiger partial charge in [-0.15, -0.1) is 11.3 Å². The molecule has 0 unspecified atom stereocenters. The molecule has 0 bridgehead atoms. The minimum absolute atomic E-state index is 0.373. The van der Waals surface area contributed by atoms with Crippen molar-refractivity contribution in [3.8, 4) is 10.6 Å². The summed E-state index contributed by atoms with van der Waals surface area (Å²) in [6, 6.07) is 2.08. The van der Waals surface area contributed by atoms with Gasteiger partial charge in [0.15, 0.2) is 0 Å². The smallest absolute Gasteiger partial charge is 0.407 e. The van der Waals surface area contributed by atoms with E-state index in [2.05, 4.69) is 21.3 Å². The molecule has 0 saturated carbocycles. The van der Waals surface area contributed by atoms with Crippen LogP contribution in [0.2, 0.25) is 0 Å². The molecule has 0 spiro atoms. The van der Waals surface area contributed by atoms with Crippen LogP contribution >= 0.6 is 11.3 Å². The van der Waals surface area contributed by atoms with E-state index in [1.165, 1.54) is 4.88 Å². The third-order valence-electron chi connectivity index (χ3n) is 4.67. The second-order valence-corrected chi connectivity index (χ2v) is 9.02. The number of aromatic nitrogens is 2. The van der Waals surface area contributed by atoms with Gasteiger partial charge >= 0.3 is 6.09 Å². The number of fused-ring (bicyclic) bond motifs is 3. The molecule has 0 radical (unpaired) electrons. The normalized spacial score (nSPS) is 13.2. The average Bonchev–Trinajstić information content (AvgIpc) is 3.28. The predicted molar refractivity (Wildman–Crippen MR) is 118 cm³/mol. The lowest BCUT2D eigenvalue weighted by molar-refractivity contribution is 0.0527. The summed E-state index contributed by atoms with van der Waals surface area (Å²) in [7, 11) is 1.68. The molecular formula is C21H32N4O4S. The number of amides is 1. The van der Waals surface area contributed by atoms with E-state index in [1.54, 1.807) is 18.4 Å². The Bertz CT molecular complexity index is 856. The Kier molecular flexibility index (Phi) is 7.38. The van der Waals surface area contributed by atoms with Crippen LogP contribution in [0.4, 0.5) is 10.5 Å². The highest BCUT2D eigenvalue weighted by Gasteiger charge is 2.29.